The monoisotopic (exact) mass is 289 g/mol. The van der Waals surface area contributed by atoms with E-state index in [2.05, 4.69) is 20.7 Å². The molecule has 0 unspecified atom stereocenters. The zero-order chi connectivity index (χ0) is 15.4. The molecule has 0 aliphatic heterocycles. The molecule has 1 amide bonds. The van der Waals surface area contributed by atoms with Crippen molar-refractivity contribution in [1.82, 2.24) is 9.97 Å². The summed E-state index contributed by atoms with van der Waals surface area (Å²) >= 11 is 0. The normalized spacial score (nSPS) is 10.5. The molecule has 21 heavy (non-hydrogen) atoms. The number of carbonyl (C=O) groups is 1. The predicted octanol–water partition coefficient (Wildman–Crippen LogP) is 2.28. The van der Waals surface area contributed by atoms with E-state index in [0.29, 0.717) is 5.82 Å². The number of nitrogens with zero attached hydrogens (tertiary/aromatic N) is 2. The first kappa shape index (κ1) is 14.9. The Hall–Kier alpha value is -2.54. The van der Waals surface area contributed by atoms with Crippen molar-refractivity contribution in [3.8, 4) is 0 Å². The molecule has 0 aliphatic carbocycles. The van der Waals surface area contributed by atoms with Crippen LogP contribution >= 0.6 is 0 Å². The fourth-order valence-electron chi connectivity index (χ4n) is 1.70. The molecule has 1 heterocycles. The highest BCUT2D eigenvalue weighted by Crippen LogP contribution is 2.18. The van der Waals surface area contributed by atoms with E-state index in [9.17, 15) is 9.18 Å². The van der Waals surface area contributed by atoms with Crippen LogP contribution in [0.1, 0.15) is 36.1 Å². The Morgan fingerprint density at radius 1 is 1.29 bits per heavy atom. The molecule has 0 saturated carbocycles. The first-order valence-electron chi connectivity index (χ1n) is 6.42. The number of nitrogens with two attached hydrogens (primary N) is 1. The van der Waals surface area contributed by atoms with Gasteiger partial charge in [-0.1, -0.05) is 26.0 Å². The fourth-order valence-corrected chi connectivity index (χ4v) is 1.70. The van der Waals surface area contributed by atoms with Crippen LogP contribution in [0, 0.1) is 5.82 Å². The van der Waals surface area contributed by atoms with Gasteiger partial charge in [-0.15, -0.1) is 0 Å². The lowest BCUT2D eigenvalue weighted by molar-refractivity contribution is 0.102. The van der Waals surface area contributed by atoms with Crippen molar-refractivity contribution >= 4 is 17.3 Å². The van der Waals surface area contributed by atoms with Crippen LogP contribution in [0.5, 0.6) is 0 Å². The molecule has 110 valence electrons. The highest BCUT2D eigenvalue weighted by molar-refractivity contribution is 6.06. The summed E-state index contributed by atoms with van der Waals surface area (Å²) in [5, 5.41) is 2.47. The quantitative estimate of drug-likeness (QED) is 0.593. The third-order valence-corrected chi connectivity index (χ3v) is 2.82. The third kappa shape index (κ3) is 3.32. The Labute approximate surface area is 121 Å². The van der Waals surface area contributed by atoms with E-state index in [1.54, 1.807) is 12.1 Å². The van der Waals surface area contributed by atoms with Gasteiger partial charge in [0.05, 0.1) is 17.6 Å². The fraction of sp³-hybridized carbons (Fsp3) is 0.214. The second kappa shape index (κ2) is 6.27. The summed E-state index contributed by atoms with van der Waals surface area (Å²) < 4.78 is 13.6. The summed E-state index contributed by atoms with van der Waals surface area (Å²) in [5.41, 5.74) is 2.78. The minimum Gasteiger partial charge on any atom is -0.321 e. The minimum absolute atomic E-state index is 0.0526. The number of hydrogen-bond donors (Lipinski definition) is 3. The zero-order valence-corrected chi connectivity index (χ0v) is 11.7. The van der Waals surface area contributed by atoms with Gasteiger partial charge < -0.3 is 10.7 Å². The first-order valence-corrected chi connectivity index (χ1v) is 6.42. The number of amides is 1. The number of carbonyl (C=O) groups excluding carboxylic acids is 1. The van der Waals surface area contributed by atoms with Crippen LogP contribution in [-0.2, 0) is 0 Å². The topological polar surface area (TPSA) is 92.9 Å². The van der Waals surface area contributed by atoms with Crippen molar-refractivity contribution in [3.63, 3.8) is 0 Å². The van der Waals surface area contributed by atoms with Crippen LogP contribution in [0.15, 0.2) is 30.5 Å². The van der Waals surface area contributed by atoms with Gasteiger partial charge in [0, 0.05) is 5.92 Å². The number of rotatable bonds is 4. The summed E-state index contributed by atoms with van der Waals surface area (Å²) in [4.78, 5) is 20.5. The van der Waals surface area contributed by atoms with Crippen molar-refractivity contribution in [2.45, 2.75) is 19.8 Å². The van der Waals surface area contributed by atoms with Crippen LogP contribution in [0.25, 0.3) is 0 Å². The summed E-state index contributed by atoms with van der Waals surface area (Å²) in [7, 11) is 0. The molecule has 2 aromatic rings. The lowest BCUT2D eigenvalue weighted by Crippen LogP contribution is -2.21. The molecular formula is C14H16FN5O. The standard InChI is InChI=1S/C14H16FN5O/c1-8(2)13-17-7-11(20-16)12(19-13)14(21)18-10-6-4-3-5-9(10)15/h3-8,20H,16H2,1-2H3,(H,18,21). The number of halogens is 1. The smallest absolute Gasteiger partial charge is 0.276 e. The number of benzene rings is 1. The van der Waals surface area contributed by atoms with Crippen molar-refractivity contribution < 1.29 is 9.18 Å². The van der Waals surface area contributed by atoms with Gasteiger partial charge in [-0.25, -0.2) is 14.4 Å². The number of nitrogens with one attached hydrogen (secondary N) is 2. The molecule has 0 spiro atoms. The summed E-state index contributed by atoms with van der Waals surface area (Å²) in [6, 6.07) is 5.89. The van der Waals surface area contributed by atoms with Crippen molar-refractivity contribution in [2.75, 3.05) is 10.7 Å². The van der Waals surface area contributed by atoms with E-state index in [0.717, 1.165) is 0 Å². The average Bonchev–Trinajstić information content (AvgIpc) is 2.48. The molecule has 0 saturated heterocycles. The highest BCUT2D eigenvalue weighted by atomic mass is 19.1. The van der Waals surface area contributed by atoms with Crippen LogP contribution in [0.3, 0.4) is 0 Å². The Morgan fingerprint density at radius 2 is 2.00 bits per heavy atom. The summed E-state index contributed by atoms with van der Waals surface area (Å²) in [5.74, 6) is 4.83. The zero-order valence-electron chi connectivity index (χ0n) is 11.7. The second-order valence-corrected chi connectivity index (χ2v) is 4.72. The largest absolute Gasteiger partial charge is 0.321 e. The number of hydrazine groups is 1. The van der Waals surface area contributed by atoms with E-state index >= 15 is 0 Å². The molecule has 1 aromatic heterocycles. The maximum Gasteiger partial charge on any atom is 0.276 e. The SMILES string of the molecule is CC(C)c1ncc(NN)c(C(=O)Nc2ccccc2F)n1. The Morgan fingerprint density at radius 3 is 2.62 bits per heavy atom. The lowest BCUT2D eigenvalue weighted by atomic mass is 10.2. The van der Waals surface area contributed by atoms with Gasteiger partial charge in [0.2, 0.25) is 0 Å². The molecule has 0 radical (unpaired) electrons. The first-order chi connectivity index (χ1) is 10.0. The van der Waals surface area contributed by atoms with Gasteiger partial charge >= 0.3 is 0 Å². The molecular weight excluding hydrogens is 273 g/mol. The van der Waals surface area contributed by atoms with E-state index in [-0.39, 0.29) is 23.0 Å². The molecule has 0 atom stereocenters. The van der Waals surface area contributed by atoms with Crippen LogP contribution < -0.4 is 16.6 Å². The predicted molar refractivity (Wildman–Crippen MR) is 78.3 cm³/mol. The second-order valence-electron chi connectivity index (χ2n) is 4.72. The molecule has 1 aromatic carbocycles. The summed E-state index contributed by atoms with van der Waals surface area (Å²) in [6.07, 6.45) is 1.43. The molecule has 0 aliphatic rings. The Balaban J connectivity index is 2.34. The van der Waals surface area contributed by atoms with Gasteiger partial charge in [-0.05, 0) is 12.1 Å². The number of nitrogen functional groups attached to an aromatic ring is 1. The van der Waals surface area contributed by atoms with Crippen molar-refractivity contribution in [1.29, 1.82) is 0 Å². The number of hydrogen-bond acceptors (Lipinski definition) is 5. The molecule has 6 nitrogen and oxygen atoms in total. The lowest BCUT2D eigenvalue weighted by Gasteiger charge is -2.11. The third-order valence-electron chi connectivity index (χ3n) is 2.82. The highest BCUT2D eigenvalue weighted by Gasteiger charge is 2.17. The van der Waals surface area contributed by atoms with E-state index < -0.39 is 11.7 Å². The van der Waals surface area contributed by atoms with E-state index in [1.807, 2.05) is 13.8 Å². The van der Waals surface area contributed by atoms with Gasteiger partial charge in [-0.2, -0.15) is 0 Å². The van der Waals surface area contributed by atoms with Crippen LogP contribution in [-0.4, -0.2) is 15.9 Å². The molecule has 0 bridgehead atoms. The van der Waals surface area contributed by atoms with E-state index in [1.165, 1.54) is 18.3 Å². The maximum atomic E-state index is 13.6. The average molecular weight is 289 g/mol. The summed E-state index contributed by atoms with van der Waals surface area (Å²) in [6.45, 7) is 3.81. The molecule has 7 heteroatoms. The number of anilines is 2. The minimum atomic E-state index is -0.558. The van der Waals surface area contributed by atoms with Crippen molar-refractivity contribution in [3.05, 3.63) is 47.8 Å². The van der Waals surface area contributed by atoms with Crippen molar-refractivity contribution in [2.24, 2.45) is 5.84 Å². The molecule has 2 rings (SSSR count). The van der Waals surface area contributed by atoms with E-state index in [4.69, 9.17) is 5.84 Å². The van der Waals surface area contributed by atoms with Gasteiger partial charge in [-0.3, -0.25) is 10.6 Å². The maximum absolute atomic E-state index is 13.6. The Kier molecular flexibility index (Phi) is 4.44. The number of para-hydroxylation sites is 1. The number of aromatic nitrogens is 2. The van der Waals surface area contributed by atoms with Gasteiger partial charge in [0.1, 0.15) is 11.6 Å². The van der Waals surface area contributed by atoms with Crippen LogP contribution in [0.4, 0.5) is 15.8 Å². The van der Waals surface area contributed by atoms with Gasteiger partial charge in [0.25, 0.3) is 5.91 Å². The molecule has 0 fully saturated rings. The van der Waals surface area contributed by atoms with Gasteiger partial charge in [0.15, 0.2) is 5.69 Å². The van der Waals surface area contributed by atoms with Crippen LogP contribution in [0.2, 0.25) is 0 Å². The molecule has 4 N–H and O–H groups in total. The Bertz CT molecular complexity index is 660.